The zero-order valence-corrected chi connectivity index (χ0v) is 12.0. The largest absolute Gasteiger partial charge is 0.486 e. The molecule has 106 valence electrons. The van der Waals surface area contributed by atoms with Crippen LogP contribution in [0.1, 0.15) is 35.9 Å². The minimum Gasteiger partial charge on any atom is -0.486 e. The molecule has 5 nitrogen and oxygen atoms in total. The van der Waals surface area contributed by atoms with Crippen LogP contribution in [0, 0.1) is 0 Å². The summed E-state index contributed by atoms with van der Waals surface area (Å²) in [5.41, 5.74) is 0.988. The van der Waals surface area contributed by atoms with Gasteiger partial charge in [-0.15, -0.1) is 5.10 Å². The Bertz CT molecular complexity index is 584. The van der Waals surface area contributed by atoms with Crippen molar-refractivity contribution in [2.45, 2.75) is 32.9 Å². The summed E-state index contributed by atoms with van der Waals surface area (Å²) in [6.45, 7) is 3.03. The molecule has 6 heteroatoms. The van der Waals surface area contributed by atoms with Gasteiger partial charge in [-0.2, -0.15) is 0 Å². The fraction of sp³-hybridized carbons (Fsp3) is 0.357. The SMILES string of the molecule is CCCCn1nnc(C=O)c1COc1ccccc1Cl. The van der Waals surface area contributed by atoms with Gasteiger partial charge in [0, 0.05) is 6.54 Å². The highest BCUT2D eigenvalue weighted by Crippen LogP contribution is 2.24. The molecule has 0 fully saturated rings. The fourth-order valence-corrected chi connectivity index (χ4v) is 1.97. The minimum atomic E-state index is 0.217. The van der Waals surface area contributed by atoms with Crippen molar-refractivity contribution in [2.75, 3.05) is 0 Å². The van der Waals surface area contributed by atoms with Crippen LogP contribution in [0.2, 0.25) is 5.02 Å². The van der Waals surface area contributed by atoms with Crippen LogP contribution < -0.4 is 4.74 Å². The highest BCUT2D eigenvalue weighted by molar-refractivity contribution is 6.32. The molecule has 0 atom stereocenters. The molecule has 0 aliphatic heterocycles. The van der Waals surface area contributed by atoms with E-state index in [-0.39, 0.29) is 6.61 Å². The smallest absolute Gasteiger partial charge is 0.172 e. The highest BCUT2D eigenvalue weighted by atomic mass is 35.5. The molecule has 0 aliphatic rings. The van der Waals surface area contributed by atoms with Gasteiger partial charge in [-0.1, -0.05) is 42.3 Å². The predicted molar refractivity (Wildman–Crippen MR) is 76.1 cm³/mol. The number of aldehydes is 1. The van der Waals surface area contributed by atoms with E-state index >= 15 is 0 Å². The summed E-state index contributed by atoms with van der Waals surface area (Å²) in [6.07, 6.45) is 2.71. The first-order valence-electron chi connectivity index (χ1n) is 6.51. The quantitative estimate of drug-likeness (QED) is 0.736. The van der Waals surface area contributed by atoms with Crippen LogP contribution >= 0.6 is 11.6 Å². The topological polar surface area (TPSA) is 57.0 Å². The van der Waals surface area contributed by atoms with E-state index in [0.717, 1.165) is 19.4 Å². The summed E-state index contributed by atoms with van der Waals surface area (Å²) in [7, 11) is 0. The standard InChI is InChI=1S/C14H16ClN3O2/c1-2-3-8-18-13(12(9-19)16-17-18)10-20-14-7-5-4-6-11(14)15/h4-7,9H,2-3,8,10H2,1H3. The van der Waals surface area contributed by atoms with Crippen molar-refractivity contribution < 1.29 is 9.53 Å². The molecule has 2 aromatic rings. The van der Waals surface area contributed by atoms with E-state index in [1.54, 1.807) is 16.8 Å². The van der Waals surface area contributed by atoms with E-state index in [0.29, 0.717) is 28.4 Å². The molecule has 1 aromatic heterocycles. The first-order valence-corrected chi connectivity index (χ1v) is 6.89. The molecule has 0 saturated carbocycles. The number of nitrogens with zero attached hydrogens (tertiary/aromatic N) is 3. The molecule has 0 amide bonds. The van der Waals surface area contributed by atoms with Crippen molar-refractivity contribution in [3.05, 3.63) is 40.7 Å². The maximum absolute atomic E-state index is 11.0. The van der Waals surface area contributed by atoms with Gasteiger partial charge < -0.3 is 4.74 Å². The number of unbranched alkanes of at least 4 members (excludes halogenated alkanes) is 1. The third-order valence-corrected chi connectivity index (χ3v) is 3.22. The number of ether oxygens (including phenoxy) is 1. The summed E-state index contributed by atoms with van der Waals surface area (Å²) >= 11 is 6.03. The van der Waals surface area contributed by atoms with Gasteiger partial charge >= 0.3 is 0 Å². The van der Waals surface area contributed by atoms with E-state index in [9.17, 15) is 4.79 Å². The van der Waals surface area contributed by atoms with Gasteiger partial charge in [0.2, 0.25) is 0 Å². The lowest BCUT2D eigenvalue weighted by atomic mass is 10.3. The molecule has 0 spiro atoms. The Kier molecular flexibility index (Phi) is 5.12. The summed E-state index contributed by atoms with van der Waals surface area (Å²) in [5.74, 6) is 0.578. The lowest BCUT2D eigenvalue weighted by Crippen LogP contribution is -2.09. The van der Waals surface area contributed by atoms with Crippen LogP contribution in [0.15, 0.2) is 24.3 Å². The van der Waals surface area contributed by atoms with Gasteiger partial charge in [-0.25, -0.2) is 4.68 Å². The van der Waals surface area contributed by atoms with Crippen LogP contribution in [0.25, 0.3) is 0 Å². The van der Waals surface area contributed by atoms with Gasteiger partial charge in [0.25, 0.3) is 0 Å². The third-order valence-electron chi connectivity index (χ3n) is 2.90. The molecule has 0 aliphatic carbocycles. The van der Waals surface area contributed by atoms with Crippen LogP contribution in [-0.4, -0.2) is 21.3 Å². The molecule has 0 N–H and O–H groups in total. The lowest BCUT2D eigenvalue weighted by Gasteiger charge is -2.09. The van der Waals surface area contributed by atoms with E-state index < -0.39 is 0 Å². The van der Waals surface area contributed by atoms with Gasteiger partial charge in [0.05, 0.1) is 5.02 Å². The van der Waals surface area contributed by atoms with Crippen LogP contribution in [0.4, 0.5) is 0 Å². The Morgan fingerprint density at radius 2 is 2.20 bits per heavy atom. The van der Waals surface area contributed by atoms with Crippen molar-refractivity contribution in [3.8, 4) is 5.75 Å². The predicted octanol–water partition coefficient (Wildman–Crippen LogP) is 3.12. The second-order valence-electron chi connectivity index (χ2n) is 4.34. The minimum absolute atomic E-state index is 0.217. The maximum Gasteiger partial charge on any atom is 0.172 e. The summed E-state index contributed by atoms with van der Waals surface area (Å²) in [4.78, 5) is 11.0. The molecule has 0 unspecified atom stereocenters. The van der Waals surface area contributed by atoms with Crippen LogP contribution in [0.5, 0.6) is 5.75 Å². The van der Waals surface area contributed by atoms with Crippen LogP contribution in [-0.2, 0) is 13.2 Å². The Hall–Kier alpha value is -1.88. The molecular weight excluding hydrogens is 278 g/mol. The summed E-state index contributed by atoms with van der Waals surface area (Å²) < 4.78 is 7.37. The van der Waals surface area contributed by atoms with Crippen molar-refractivity contribution in [3.63, 3.8) is 0 Å². The van der Waals surface area contributed by atoms with E-state index in [1.807, 2.05) is 12.1 Å². The second-order valence-corrected chi connectivity index (χ2v) is 4.74. The number of hydrogen-bond acceptors (Lipinski definition) is 4. The third kappa shape index (κ3) is 3.36. The second kappa shape index (κ2) is 7.05. The number of hydrogen-bond donors (Lipinski definition) is 0. The Morgan fingerprint density at radius 3 is 2.90 bits per heavy atom. The number of rotatable bonds is 7. The Balaban J connectivity index is 2.13. The van der Waals surface area contributed by atoms with Gasteiger partial charge in [0.15, 0.2) is 12.0 Å². The van der Waals surface area contributed by atoms with E-state index in [2.05, 4.69) is 17.2 Å². The summed E-state index contributed by atoms with van der Waals surface area (Å²) in [5, 5.41) is 8.37. The lowest BCUT2D eigenvalue weighted by molar-refractivity contribution is 0.111. The zero-order chi connectivity index (χ0) is 14.4. The fourth-order valence-electron chi connectivity index (χ4n) is 1.78. The monoisotopic (exact) mass is 293 g/mol. The number of aromatic nitrogens is 3. The highest BCUT2D eigenvalue weighted by Gasteiger charge is 2.13. The van der Waals surface area contributed by atoms with Crippen molar-refractivity contribution in [2.24, 2.45) is 0 Å². The normalized spacial score (nSPS) is 10.5. The van der Waals surface area contributed by atoms with E-state index in [1.165, 1.54) is 0 Å². The van der Waals surface area contributed by atoms with Crippen molar-refractivity contribution in [1.82, 2.24) is 15.0 Å². The number of benzene rings is 1. The molecule has 20 heavy (non-hydrogen) atoms. The Morgan fingerprint density at radius 1 is 1.40 bits per heavy atom. The molecule has 0 bridgehead atoms. The maximum atomic E-state index is 11.0. The zero-order valence-electron chi connectivity index (χ0n) is 11.3. The molecule has 1 aromatic carbocycles. The molecule has 0 radical (unpaired) electrons. The summed E-state index contributed by atoms with van der Waals surface area (Å²) in [6, 6.07) is 7.21. The number of carbonyl (C=O) groups excluding carboxylic acids is 1. The Labute approximate surface area is 122 Å². The van der Waals surface area contributed by atoms with Gasteiger partial charge in [0.1, 0.15) is 18.1 Å². The molecule has 2 rings (SSSR count). The number of halogens is 1. The number of para-hydroxylation sites is 1. The van der Waals surface area contributed by atoms with Crippen LogP contribution in [0.3, 0.4) is 0 Å². The van der Waals surface area contributed by atoms with Crippen molar-refractivity contribution >= 4 is 17.9 Å². The number of aryl methyl sites for hydroxylation is 1. The van der Waals surface area contributed by atoms with Gasteiger partial charge in [-0.3, -0.25) is 4.79 Å². The van der Waals surface area contributed by atoms with Gasteiger partial charge in [-0.05, 0) is 18.6 Å². The molecular formula is C14H16ClN3O2. The average molecular weight is 294 g/mol. The number of carbonyl (C=O) groups is 1. The first-order chi connectivity index (χ1) is 9.76. The average Bonchev–Trinajstić information content (AvgIpc) is 2.86. The van der Waals surface area contributed by atoms with E-state index in [4.69, 9.17) is 16.3 Å². The first kappa shape index (κ1) is 14.5. The molecule has 0 saturated heterocycles. The van der Waals surface area contributed by atoms with Crippen molar-refractivity contribution in [1.29, 1.82) is 0 Å². The molecule has 1 heterocycles.